The molecular formula is C55H38N2S. The van der Waals surface area contributed by atoms with E-state index < -0.39 is 0 Å². The second-order valence-electron chi connectivity index (χ2n) is 14.9. The van der Waals surface area contributed by atoms with Crippen LogP contribution in [0.25, 0.3) is 81.0 Å². The summed E-state index contributed by atoms with van der Waals surface area (Å²) in [5.74, 6) is 0. The molecule has 274 valence electrons. The van der Waals surface area contributed by atoms with Crippen LogP contribution in [-0.4, -0.2) is 4.57 Å². The Kier molecular flexibility index (Phi) is 8.27. The molecule has 58 heavy (non-hydrogen) atoms. The largest absolute Gasteiger partial charge is 0.310 e. The number of aromatic nitrogens is 1. The van der Waals surface area contributed by atoms with Gasteiger partial charge in [0.05, 0.1) is 16.7 Å². The molecule has 2 heterocycles. The first-order chi connectivity index (χ1) is 28.7. The van der Waals surface area contributed by atoms with Gasteiger partial charge < -0.3 is 9.47 Å². The first kappa shape index (κ1) is 34.1. The van der Waals surface area contributed by atoms with E-state index in [2.05, 4.69) is 229 Å². The van der Waals surface area contributed by atoms with Gasteiger partial charge in [-0.2, -0.15) is 0 Å². The normalized spacial score (nSPS) is 11.5. The zero-order chi connectivity index (χ0) is 38.6. The summed E-state index contributed by atoms with van der Waals surface area (Å²) in [6, 6.07) is 77.3. The van der Waals surface area contributed by atoms with E-state index in [0.29, 0.717) is 0 Å². The second kappa shape index (κ2) is 14.1. The van der Waals surface area contributed by atoms with E-state index in [-0.39, 0.29) is 0 Å². The minimum atomic E-state index is 1.12. The zero-order valence-corrected chi connectivity index (χ0v) is 32.8. The van der Waals surface area contributed by atoms with Gasteiger partial charge in [0.15, 0.2) is 0 Å². The van der Waals surface area contributed by atoms with Crippen LogP contribution in [-0.2, 0) is 0 Å². The number of nitrogens with zero attached hydrogens (tertiary/aromatic N) is 2. The molecule has 0 aliphatic rings. The molecule has 11 rings (SSSR count). The van der Waals surface area contributed by atoms with E-state index in [1.165, 1.54) is 80.9 Å². The monoisotopic (exact) mass is 758 g/mol. The fourth-order valence-corrected chi connectivity index (χ4v) is 10.2. The Hall–Kier alpha value is -7.20. The number of hydrogen-bond acceptors (Lipinski definition) is 2. The van der Waals surface area contributed by atoms with E-state index in [9.17, 15) is 0 Å². The highest BCUT2D eigenvalue weighted by Gasteiger charge is 2.23. The standard InChI is InChI=1S/C55H38N2S/c1-37-34-43(36-48(38-18-5-2-6-19-38)53(37)39-20-7-3-8-21-39)56(41-23-9-4-10-24-41)51-33-32-44(55-54(51)47-28-13-16-31-52(47)58-55)40-22-17-25-42(35-40)57-49-29-14-11-26-45(49)46-27-12-15-30-50(46)57/h2-36H,1H3. The van der Waals surface area contributed by atoms with Crippen LogP contribution in [0.15, 0.2) is 212 Å². The Balaban J connectivity index is 1.15. The topological polar surface area (TPSA) is 8.17 Å². The number of thiophene rings is 1. The average molecular weight is 759 g/mol. The summed E-state index contributed by atoms with van der Waals surface area (Å²) in [6.07, 6.45) is 0. The number of rotatable bonds is 7. The van der Waals surface area contributed by atoms with Gasteiger partial charge in [-0.1, -0.05) is 152 Å². The number of aryl methyl sites for hydroxylation is 1. The van der Waals surface area contributed by atoms with E-state index in [1.54, 1.807) is 0 Å². The van der Waals surface area contributed by atoms with Crippen molar-refractivity contribution in [2.24, 2.45) is 0 Å². The van der Waals surface area contributed by atoms with Gasteiger partial charge in [-0.25, -0.2) is 0 Å². The molecule has 2 aromatic heterocycles. The fourth-order valence-electron chi connectivity index (χ4n) is 8.97. The lowest BCUT2D eigenvalue weighted by Crippen LogP contribution is -2.11. The van der Waals surface area contributed by atoms with Gasteiger partial charge in [0.1, 0.15) is 0 Å². The summed E-state index contributed by atoms with van der Waals surface area (Å²) in [7, 11) is 0. The number of anilines is 3. The number of para-hydroxylation sites is 3. The molecule has 2 nitrogen and oxygen atoms in total. The maximum atomic E-state index is 2.47. The van der Waals surface area contributed by atoms with Gasteiger partial charge in [0.2, 0.25) is 0 Å². The van der Waals surface area contributed by atoms with Crippen molar-refractivity contribution >= 4 is 70.4 Å². The van der Waals surface area contributed by atoms with Gasteiger partial charge in [-0.05, 0) is 107 Å². The Morgan fingerprint density at radius 3 is 1.72 bits per heavy atom. The molecule has 3 heteroatoms. The third-order valence-electron chi connectivity index (χ3n) is 11.5. The van der Waals surface area contributed by atoms with Crippen molar-refractivity contribution < 1.29 is 0 Å². The summed E-state index contributed by atoms with van der Waals surface area (Å²) in [5, 5.41) is 5.06. The van der Waals surface area contributed by atoms with Crippen LogP contribution in [0, 0.1) is 6.92 Å². The molecule has 0 N–H and O–H groups in total. The predicted molar refractivity (Wildman–Crippen MR) is 249 cm³/mol. The summed E-state index contributed by atoms with van der Waals surface area (Å²) < 4.78 is 4.96. The molecule has 0 saturated carbocycles. The molecule has 0 saturated heterocycles. The third-order valence-corrected chi connectivity index (χ3v) is 12.7. The van der Waals surface area contributed by atoms with Gasteiger partial charge in [0, 0.05) is 48.0 Å². The van der Waals surface area contributed by atoms with Gasteiger partial charge in [-0.15, -0.1) is 11.3 Å². The van der Waals surface area contributed by atoms with Gasteiger partial charge in [0.25, 0.3) is 0 Å². The number of hydrogen-bond donors (Lipinski definition) is 0. The Morgan fingerprint density at radius 2 is 1.02 bits per heavy atom. The predicted octanol–water partition coefficient (Wildman–Crippen LogP) is 15.9. The van der Waals surface area contributed by atoms with Crippen LogP contribution in [0.5, 0.6) is 0 Å². The average Bonchev–Trinajstić information content (AvgIpc) is 3.84. The molecule has 11 aromatic rings. The maximum absolute atomic E-state index is 2.47. The Morgan fingerprint density at radius 1 is 0.431 bits per heavy atom. The van der Waals surface area contributed by atoms with E-state index in [1.807, 2.05) is 11.3 Å². The third kappa shape index (κ3) is 5.62. The summed E-state index contributed by atoms with van der Waals surface area (Å²) in [4.78, 5) is 2.47. The Labute approximate surface area is 342 Å². The smallest absolute Gasteiger partial charge is 0.0555 e. The molecule has 0 fully saturated rings. The molecule has 0 amide bonds. The fraction of sp³-hybridized carbons (Fsp3) is 0.0182. The van der Waals surface area contributed by atoms with Crippen molar-refractivity contribution in [2.45, 2.75) is 6.92 Å². The van der Waals surface area contributed by atoms with Crippen molar-refractivity contribution in [3.63, 3.8) is 0 Å². The van der Waals surface area contributed by atoms with E-state index >= 15 is 0 Å². The SMILES string of the molecule is Cc1cc(N(c2ccccc2)c2ccc(-c3cccc(-n4c5ccccc5c5ccccc54)c3)c3sc4ccccc4c23)cc(-c2ccccc2)c1-c1ccccc1. The molecule has 0 aliphatic heterocycles. The van der Waals surface area contributed by atoms with Gasteiger partial charge >= 0.3 is 0 Å². The summed E-state index contributed by atoms with van der Waals surface area (Å²) >= 11 is 1.88. The molecule has 0 unspecified atom stereocenters. The van der Waals surface area contributed by atoms with Crippen LogP contribution >= 0.6 is 11.3 Å². The quantitative estimate of drug-likeness (QED) is 0.157. The molecule has 0 spiro atoms. The molecule has 0 radical (unpaired) electrons. The Bertz CT molecular complexity index is 3230. The van der Waals surface area contributed by atoms with Crippen molar-refractivity contribution in [1.29, 1.82) is 0 Å². The second-order valence-corrected chi connectivity index (χ2v) is 16.0. The molecule has 9 aromatic carbocycles. The first-order valence-electron chi connectivity index (χ1n) is 19.9. The van der Waals surface area contributed by atoms with Crippen LogP contribution in [0.1, 0.15) is 5.56 Å². The van der Waals surface area contributed by atoms with Crippen molar-refractivity contribution in [1.82, 2.24) is 4.57 Å². The lowest BCUT2D eigenvalue weighted by molar-refractivity contribution is 1.18. The number of fused-ring (bicyclic) bond motifs is 6. The lowest BCUT2D eigenvalue weighted by Gasteiger charge is -2.29. The van der Waals surface area contributed by atoms with E-state index in [4.69, 9.17) is 0 Å². The van der Waals surface area contributed by atoms with Crippen LogP contribution in [0.4, 0.5) is 17.1 Å². The maximum Gasteiger partial charge on any atom is 0.0555 e. The minimum absolute atomic E-state index is 1.12. The van der Waals surface area contributed by atoms with Crippen molar-refractivity contribution in [3.05, 3.63) is 218 Å². The highest BCUT2D eigenvalue weighted by Crippen LogP contribution is 2.50. The van der Waals surface area contributed by atoms with Crippen LogP contribution < -0.4 is 4.90 Å². The minimum Gasteiger partial charge on any atom is -0.310 e. The highest BCUT2D eigenvalue weighted by molar-refractivity contribution is 7.26. The van der Waals surface area contributed by atoms with Gasteiger partial charge in [-0.3, -0.25) is 0 Å². The molecular weight excluding hydrogens is 721 g/mol. The first-order valence-corrected chi connectivity index (χ1v) is 20.7. The number of benzene rings is 9. The lowest BCUT2D eigenvalue weighted by atomic mass is 9.90. The van der Waals surface area contributed by atoms with Crippen LogP contribution in [0.2, 0.25) is 0 Å². The summed E-state index contributed by atoms with van der Waals surface area (Å²) in [5.41, 5.74) is 15.5. The summed E-state index contributed by atoms with van der Waals surface area (Å²) in [6.45, 7) is 2.25. The zero-order valence-electron chi connectivity index (χ0n) is 32.0. The highest BCUT2D eigenvalue weighted by atomic mass is 32.1. The van der Waals surface area contributed by atoms with Crippen LogP contribution in [0.3, 0.4) is 0 Å². The van der Waals surface area contributed by atoms with E-state index in [0.717, 1.165) is 22.7 Å². The van der Waals surface area contributed by atoms with Crippen molar-refractivity contribution in [3.8, 4) is 39.1 Å². The molecule has 0 aliphatic carbocycles. The molecule has 0 bridgehead atoms. The molecule has 0 atom stereocenters. The van der Waals surface area contributed by atoms with Crippen molar-refractivity contribution in [2.75, 3.05) is 4.90 Å².